The van der Waals surface area contributed by atoms with Gasteiger partial charge in [-0.1, -0.05) is 6.08 Å². The molecule has 0 aromatic carbocycles. The highest BCUT2D eigenvalue weighted by Gasteiger charge is 2.46. The number of Topliss-reactive ketones (excluding diaryl/α,β-unsaturated/α-hetero) is 1. The molecule has 14 heavy (non-hydrogen) atoms. The first kappa shape index (κ1) is 9.44. The van der Waals surface area contributed by atoms with E-state index in [0.29, 0.717) is 25.9 Å². The summed E-state index contributed by atoms with van der Waals surface area (Å²) >= 11 is 0. The number of rotatable bonds is 1. The Hall–Kier alpha value is -1.12. The molecule has 1 aliphatic heterocycles. The minimum absolute atomic E-state index is 0.137. The zero-order valence-corrected chi connectivity index (χ0v) is 8.12. The van der Waals surface area contributed by atoms with Gasteiger partial charge in [0.05, 0.1) is 0 Å². The lowest BCUT2D eigenvalue weighted by atomic mass is 9.64. The zero-order valence-electron chi connectivity index (χ0n) is 8.12. The van der Waals surface area contributed by atoms with Gasteiger partial charge in [-0.25, -0.2) is 0 Å². The maximum Gasteiger partial charge on any atom is 0.306 e. The summed E-state index contributed by atoms with van der Waals surface area (Å²) in [5, 5.41) is 0. The molecular weight excluding hydrogens is 180 g/mol. The number of carbonyl (C=O) groups excluding carboxylic acids is 2. The topological polar surface area (TPSA) is 43.4 Å². The third-order valence-electron chi connectivity index (χ3n) is 3.43. The molecule has 0 aromatic heterocycles. The van der Waals surface area contributed by atoms with E-state index in [1.54, 1.807) is 6.08 Å². The number of hydrogen-bond donors (Lipinski definition) is 0. The van der Waals surface area contributed by atoms with Gasteiger partial charge in [0.1, 0.15) is 12.4 Å². The van der Waals surface area contributed by atoms with E-state index in [1.165, 1.54) is 0 Å². The Morgan fingerprint density at radius 3 is 3.00 bits per heavy atom. The molecule has 1 aliphatic carbocycles. The van der Waals surface area contributed by atoms with Crippen LogP contribution in [0.4, 0.5) is 0 Å². The van der Waals surface area contributed by atoms with E-state index in [1.807, 2.05) is 0 Å². The predicted octanol–water partition coefficient (Wildman–Crippen LogP) is 1.47. The minimum atomic E-state index is -0.261. The van der Waals surface area contributed by atoms with Crippen molar-refractivity contribution in [1.82, 2.24) is 0 Å². The van der Waals surface area contributed by atoms with Crippen LogP contribution in [0, 0.1) is 11.3 Å². The van der Waals surface area contributed by atoms with Crippen LogP contribution in [0.15, 0.2) is 12.7 Å². The molecule has 0 radical (unpaired) electrons. The number of hydrogen-bond acceptors (Lipinski definition) is 3. The normalized spacial score (nSPS) is 37.3. The van der Waals surface area contributed by atoms with Gasteiger partial charge in [0.15, 0.2) is 0 Å². The summed E-state index contributed by atoms with van der Waals surface area (Å²) < 4.78 is 5.03. The van der Waals surface area contributed by atoms with Crippen molar-refractivity contribution in [1.29, 1.82) is 0 Å². The average Bonchev–Trinajstić information content (AvgIpc) is 2.19. The summed E-state index contributed by atoms with van der Waals surface area (Å²) in [5.41, 5.74) is -0.261. The molecule has 0 unspecified atom stereocenters. The summed E-state index contributed by atoms with van der Waals surface area (Å²) in [6.45, 7) is 4.11. The third kappa shape index (κ3) is 1.37. The van der Waals surface area contributed by atoms with Crippen molar-refractivity contribution in [3.8, 4) is 0 Å². The Bertz CT molecular complexity index is 295. The van der Waals surface area contributed by atoms with Crippen LogP contribution < -0.4 is 0 Å². The highest BCUT2D eigenvalue weighted by atomic mass is 16.5. The molecule has 2 fully saturated rings. The molecule has 0 spiro atoms. The van der Waals surface area contributed by atoms with Crippen LogP contribution in [0.5, 0.6) is 0 Å². The average molecular weight is 194 g/mol. The number of ether oxygens (including phenoxy) is 1. The van der Waals surface area contributed by atoms with Crippen LogP contribution in [-0.4, -0.2) is 18.4 Å². The van der Waals surface area contributed by atoms with Crippen molar-refractivity contribution in [2.75, 3.05) is 6.61 Å². The van der Waals surface area contributed by atoms with E-state index in [0.717, 1.165) is 6.42 Å². The molecule has 0 amide bonds. The van der Waals surface area contributed by atoms with Gasteiger partial charge in [0, 0.05) is 24.7 Å². The molecule has 0 bridgehead atoms. The largest absolute Gasteiger partial charge is 0.465 e. The van der Waals surface area contributed by atoms with Crippen LogP contribution in [0.1, 0.15) is 25.7 Å². The van der Waals surface area contributed by atoms with E-state index in [2.05, 4.69) is 6.58 Å². The molecule has 2 aliphatic rings. The van der Waals surface area contributed by atoms with E-state index in [4.69, 9.17) is 4.74 Å². The van der Waals surface area contributed by atoms with Crippen molar-refractivity contribution >= 4 is 11.8 Å². The zero-order chi connectivity index (χ0) is 10.2. The van der Waals surface area contributed by atoms with Crippen LogP contribution >= 0.6 is 0 Å². The molecule has 1 heterocycles. The monoisotopic (exact) mass is 194 g/mol. The van der Waals surface area contributed by atoms with E-state index < -0.39 is 0 Å². The van der Waals surface area contributed by atoms with Crippen LogP contribution in [-0.2, 0) is 14.3 Å². The predicted molar refractivity (Wildman–Crippen MR) is 50.6 cm³/mol. The number of carbonyl (C=O) groups is 2. The standard InChI is InChI=1S/C11H14O3/c1-2-11-6-9(12)4-3-8(11)5-10(13)14-7-11/h2,8H,1,3-7H2/t8-,11-/m1/s1. The molecule has 76 valence electrons. The first-order valence-corrected chi connectivity index (χ1v) is 4.97. The van der Waals surface area contributed by atoms with Crippen LogP contribution in [0.3, 0.4) is 0 Å². The second-order valence-electron chi connectivity index (χ2n) is 4.25. The first-order valence-electron chi connectivity index (χ1n) is 4.97. The number of esters is 1. The molecular formula is C11H14O3. The van der Waals surface area contributed by atoms with Gasteiger partial charge in [-0.05, 0) is 12.3 Å². The van der Waals surface area contributed by atoms with Gasteiger partial charge in [-0.2, -0.15) is 0 Å². The lowest BCUT2D eigenvalue weighted by molar-refractivity contribution is -0.161. The molecule has 0 N–H and O–H groups in total. The van der Waals surface area contributed by atoms with Gasteiger partial charge in [-0.3, -0.25) is 9.59 Å². The summed E-state index contributed by atoms with van der Waals surface area (Å²) in [4.78, 5) is 22.5. The second kappa shape index (κ2) is 3.23. The SMILES string of the molecule is C=C[C@@]12COC(=O)C[C@H]1CCC(=O)C2. The molecule has 2 rings (SSSR count). The molecule has 1 saturated heterocycles. The van der Waals surface area contributed by atoms with E-state index >= 15 is 0 Å². The van der Waals surface area contributed by atoms with Crippen molar-refractivity contribution < 1.29 is 14.3 Å². The highest BCUT2D eigenvalue weighted by molar-refractivity contribution is 5.81. The van der Waals surface area contributed by atoms with Crippen LogP contribution in [0.2, 0.25) is 0 Å². The Morgan fingerprint density at radius 2 is 2.29 bits per heavy atom. The number of fused-ring (bicyclic) bond motifs is 1. The molecule has 0 aromatic rings. The van der Waals surface area contributed by atoms with Crippen LogP contribution in [0.25, 0.3) is 0 Å². The Morgan fingerprint density at radius 1 is 1.50 bits per heavy atom. The second-order valence-corrected chi connectivity index (χ2v) is 4.25. The fourth-order valence-electron chi connectivity index (χ4n) is 2.47. The minimum Gasteiger partial charge on any atom is -0.465 e. The summed E-state index contributed by atoms with van der Waals surface area (Å²) in [6, 6.07) is 0. The molecule has 1 saturated carbocycles. The van der Waals surface area contributed by atoms with Gasteiger partial charge in [0.25, 0.3) is 0 Å². The van der Waals surface area contributed by atoms with Crippen molar-refractivity contribution in [2.45, 2.75) is 25.7 Å². The number of cyclic esters (lactones) is 1. The third-order valence-corrected chi connectivity index (χ3v) is 3.43. The van der Waals surface area contributed by atoms with Crippen molar-refractivity contribution in [2.24, 2.45) is 11.3 Å². The summed E-state index contributed by atoms with van der Waals surface area (Å²) in [6.07, 6.45) is 4.16. The van der Waals surface area contributed by atoms with Gasteiger partial charge < -0.3 is 4.74 Å². The lowest BCUT2D eigenvalue weighted by Crippen LogP contribution is -2.45. The molecule has 2 atom stereocenters. The maximum atomic E-state index is 11.4. The van der Waals surface area contributed by atoms with Crippen molar-refractivity contribution in [3.05, 3.63) is 12.7 Å². The summed E-state index contributed by atoms with van der Waals surface area (Å²) in [5.74, 6) is 0.389. The van der Waals surface area contributed by atoms with Gasteiger partial charge >= 0.3 is 5.97 Å². The fourth-order valence-corrected chi connectivity index (χ4v) is 2.47. The summed E-state index contributed by atoms with van der Waals surface area (Å²) in [7, 11) is 0. The fraction of sp³-hybridized carbons (Fsp3) is 0.636. The quantitative estimate of drug-likeness (QED) is 0.469. The first-order chi connectivity index (χ1) is 6.66. The van der Waals surface area contributed by atoms with Gasteiger partial charge in [-0.15, -0.1) is 6.58 Å². The van der Waals surface area contributed by atoms with Crippen molar-refractivity contribution in [3.63, 3.8) is 0 Å². The van der Waals surface area contributed by atoms with E-state index in [9.17, 15) is 9.59 Å². The molecule has 3 nitrogen and oxygen atoms in total. The van der Waals surface area contributed by atoms with E-state index in [-0.39, 0.29) is 23.1 Å². The lowest BCUT2D eigenvalue weighted by Gasteiger charge is -2.43. The smallest absolute Gasteiger partial charge is 0.306 e. The molecule has 3 heteroatoms. The number of ketones is 1. The Kier molecular flexibility index (Phi) is 2.17. The Balaban J connectivity index is 2.23. The Labute approximate surface area is 83.1 Å². The highest BCUT2D eigenvalue weighted by Crippen LogP contribution is 2.45. The maximum absolute atomic E-state index is 11.4. The van der Waals surface area contributed by atoms with Gasteiger partial charge in [0.2, 0.25) is 0 Å².